The van der Waals surface area contributed by atoms with Crippen LogP contribution in [-0.2, 0) is 0 Å². The van der Waals surface area contributed by atoms with Gasteiger partial charge in [0.1, 0.15) is 5.82 Å². The fourth-order valence-electron chi connectivity index (χ4n) is 3.71. The molecule has 0 unspecified atom stereocenters. The Morgan fingerprint density at radius 3 is 2.31 bits per heavy atom. The van der Waals surface area contributed by atoms with Crippen LogP contribution in [0.1, 0.15) is 38.1 Å². The number of nitrogens with zero attached hydrogens (tertiary/aromatic N) is 4. The lowest BCUT2D eigenvalue weighted by atomic mass is 10.2. The Labute approximate surface area is 156 Å². The fourth-order valence-corrected chi connectivity index (χ4v) is 3.71. The van der Waals surface area contributed by atoms with E-state index >= 15 is 0 Å². The summed E-state index contributed by atoms with van der Waals surface area (Å²) in [6.45, 7) is 10.6. The molecule has 0 radical (unpaired) electrons. The largest absolute Gasteiger partial charge is 0.323 e. The van der Waals surface area contributed by atoms with Crippen molar-refractivity contribution in [3.8, 4) is 0 Å². The molecule has 0 fully saturated rings. The molecule has 0 bridgehead atoms. The Morgan fingerprint density at radius 2 is 1.65 bits per heavy atom. The van der Waals surface area contributed by atoms with E-state index in [1.165, 1.54) is 0 Å². The van der Waals surface area contributed by atoms with Crippen molar-refractivity contribution in [2.24, 2.45) is 0 Å². The maximum absolute atomic E-state index is 12.9. The molecule has 138 valence electrons. The van der Waals surface area contributed by atoms with Crippen LogP contribution in [0.4, 0.5) is 17.2 Å². The van der Waals surface area contributed by atoms with Crippen molar-refractivity contribution < 1.29 is 4.79 Å². The fraction of sp³-hybridized carbons (Fsp3) is 0.429. The number of rotatable bonds is 5. The van der Waals surface area contributed by atoms with Gasteiger partial charge in [0.05, 0.1) is 16.9 Å². The SMILES string of the molecule is CC(C)N(CCN1c2ccccc2N(C)C(=O)c2cccnc21)C(C)C. The maximum Gasteiger partial charge on any atom is 0.261 e. The first-order valence-electron chi connectivity index (χ1n) is 9.27. The van der Waals surface area contributed by atoms with Crippen LogP contribution in [-0.4, -0.2) is 48.0 Å². The predicted octanol–water partition coefficient (Wildman–Crippen LogP) is 3.93. The summed E-state index contributed by atoms with van der Waals surface area (Å²) in [5.41, 5.74) is 2.58. The van der Waals surface area contributed by atoms with E-state index in [1.807, 2.05) is 37.4 Å². The van der Waals surface area contributed by atoms with E-state index in [0.29, 0.717) is 17.6 Å². The normalized spacial score (nSPS) is 14.1. The zero-order valence-electron chi connectivity index (χ0n) is 16.3. The number of benzene rings is 1. The van der Waals surface area contributed by atoms with Crippen LogP contribution in [0.5, 0.6) is 0 Å². The predicted molar refractivity (Wildman–Crippen MR) is 107 cm³/mol. The van der Waals surface area contributed by atoms with Crippen LogP contribution >= 0.6 is 0 Å². The van der Waals surface area contributed by atoms with Crippen LogP contribution in [0.15, 0.2) is 42.6 Å². The van der Waals surface area contributed by atoms with Gasteiger partial charge in [-0.1, -0.05) is 12.1 Å². The van der Waals surface area contributed by atoms with Crippen LogP contribution in [0.3, 0.4) is 0 Å². The lowest BCUT2D eigenvalue weighted by Gasteiger charge is -2.34. The van der Waals surface area contributed by atoms with Gasteiger partial charge in [-0.3, -0.25) is 9.69 Å². The highest BCUT2D eigenvalue weighted by molar-refractivity contribution is 6.12. The molecule has 1 aliphatic heterocycles. The van der Waals surface area contributed by atoms with Crippen molar-refractivity contribution in [3.63, 3.8) is 0 Å². The standard InChI is InChI=1S/C21H28N4O/c1-15(2)24(16(3)4)13-14-25-19-11-7-6-10-18(19)23(5)21(26)17-9-8-12-22-20(17)25/h6-12,15-16H,13-14H2,1-5H3. The topological polar surface area (TPSA) is 39.7 Å². The highest BCUT2D eigenvalue weighted by Gasteiger charge is 2.30. The first kappa shape index (κ1) is 18.4. The first-order valence-corrected chi connectivity index (χ1v) is 9.27. The van der Waals surface area contributed by atoms with Crippen LogP contribution in [0.25, 0.3) is 0 Å². The van der Waals surface area contributed by atoms with Gasteiger partial charge in [-0.15, -0.1) is 0 Å². The molecule has 1 aromatic carbocycles. The van der Waals surface area contributed by atoms with Crippen molar-refractivity contribution >= 4 is 23.1 Å². The highest BCUT2D eigenvalue weighted by Crippen LogP contribution is 2.38. The van der Waals surface area contributed by atoms with Gasteiger partial charge in [0.15, 0.2) is 0 Å². The molecule has 2 aromatic rings. The Kier molecular flexibility index (Phi) is 5.28. The second-order valence-electron chi connectivity index (χ2n) is 7.30. The second kappa shape index (κ2) is 7.46. The third-order valence-electron chi connectivity index (χ3n) is 5.02. The van der Waals surface area contributed by atoms with Gasteiger partial charge in [0.2, 0.25) is 0 Å². The average molecular weight is 352 g/mol. The number of anilines is 3. The van der Waals surface area contributed by atoms with E-state index in [9.17, 15) is 4.79 Å². The summed E-state index contributed by atoms with van der Waals surface area (Å²) in [5.74, 6) is 0.717. The first-order chi connectivity index (χ1) is 12.4. The number of fused-ring (bicyclic) bond motifs is 2. The van der Waals surface area contributed by atoms with E-state index < -0.39 is 0 Å². The number of hydrogen-bond acceptors (Lipinski definition) is 4. The number of carbonyl (C=O) groups is 1. The van der Waals surface area contributed by atoms with Gasteiger partial charge < -0.3 is 9.80 Å². The molecule has 0 spiro atoms. The minimum atomic E-state index is -0.0207. The van der Waals surface area contributed by atoms with Gasteiger partial charge in [0, 0.05) is 38.4 Å². The molecule has 3 rings (SSSR count). The quantitative estimate of drug-likeness (QED) is 0.817. The summed E-state index contributed by atoms with van der Waals surface area (Å²) in [6.07, 6.45) is 1.76. The highest BCUT2D eigenvalue weighted by atomic mass is 16.2. The van der Waals surface area contributed by atoms with E-state index in [1.54, 1.807) is 11.1 Å². The minimum Gasteiger partial charge on any atom is -0.323 e. The Balaban J connectivity index is 2.05. The number of para-hydroxylation sites is 2. The van der Waals surface area contributed by atoms with Crippen molar-refractivity contribution in [1.82, 2.24) is 9.88 Å². The molecule has 2 heterocycles. The Hall–Kier alpha value is -2.40. The number of amides is 1. The van der Waals surface area contributed by atoms with E-state index in [2.05, 4.69) is 48.5 Å². The zero-order valence-corrected chi connectivity index (χ0v) is 16.3. The Morgan fingerprint density at radius 1 is 1.00 bits per heavy atom. The molecule has 0 saturated heterocycles. The van der Waals surface area contributed by atoms with Gasteiger partial charge >= 0.3 is 0 Å². The molecule has 0 N–H and O–H groups in total. The second-order valence-corrected chi connectivity index (χ2v) is 7.30. The monoisotopic (exact) mass is 352 g/mol. The third-order valence-corrected chi connectivity index (χ3v) is 5.02. The maximum atomic E-state index is 12.9. The average Bonchev–Trinajstić information content (AvgIpc) is 2.71. The summed E-state index contributed by atoms with van der Waals surface area (Å²) in [6, 6.07) is 12.7. The lowest BCUT2D eigenvalue weighted by Crippen LogP contribution is -2.42. The summed E-state index contributed by atoms with van der Waals surface area (Å²) in [7, 11) is 1.83. The molecule has 1 aromatic heterocycles. The minimum absolute atomic E-state index is 0.0207. The molecule has 0 aliphatic carbocycles. The van der Waals surface area contributed by atoms with E-state index in [4.69, 9.17) is 0 Å². The molecular formula is C21H28N4O. The van der Waals surface area contributed by atoms with E-state index in [0.717, 1.165) is 30.3 Å². The number of carbonyl (C=O) groups excluding carboxylic acids is 1. The summed E-state index contributed by atoms with van der Waals surface area (Å²) in [4.78, 5) is 23.9. The molecule has 5 heteroatoms. The summed E-state index contributed by atoms with van der Waals surface area (Å²) in [5, 5.41) is 0. The van der Waals surface area contributed by atoms with Gasteiger partial charge in [-0.2, -0.15) is 0 Å². The van der Waals surface area contributed by atoms with Crippen LogP contribution < -0.4 is 9.80 Å². The molecule has 0 saturated carbocycles. The van der Waals surface area contributed by atoms with Crippen molar-refractivity contribution in [2.75, 3.05) is 29.9 Å². The molecule has 0 atom stereocenters. The van der Waals surface area contributed by atoms with Gasteiger partial charge in [-0.05, 0) is 52.0 Å². The number of pyridine rings is 1. The zero-order chi connectivity index (χ0) is 18.8. The molecule has 26 heavy (non-hydrogen) atoms. The van der Waals surface area contributed by atoms with Gasteiger partial charge in [0.25, 0.3) is 5.91 Å². The van der Waals surface area contributed by atoms with Gasteiger partial charge in [-0.25, -0.2) is 4.98 Å². The van der Waals surface area contributed by atoms with Crippen molar-refractivity contribution in [1.29, 1.82) is 0 Å². The smallest absolute Gasteiger partial charge is 0.261 e. The van der Waals surface area contributed by atoms with Crippen LogP contribution in [0.2, 0.25) is 0 Å². The molecule has 5 nitrogen and oxygen atoms in total. The number of hydrogen-bond donors (Lipinski definition) is 0. The molecule has 1 amide bonds. The molecular weight excluding hydrogens is 324 g/mol. The van der Waals surface area contributed by atoms with Crippen molar-refractivity contribution in [3.05, 3.63) is 48.2 Å². The molecule has 1 aliphatic rings. The number of aromatic nitrogens is 1. The third kappa shape index (κ3) is 3.31. The Bertz CT molecular complexity index is 779. The van der Waals surface area contributed by atoms with Crippen molar-refractivity contribution in [2.45, 2.75) is 39.8 Å². The lowest BCUT2D eigenvalue weighted by molar-refractivity contribution is 0.0994. The van der Waals surface area contributed by atoms with Crippen LogP contribution in [0, 0.1) is 0 Å². The van der Waals surface area contributed by atoms with E-state index in [-0.39, 0.29) is 5.91 Å². The summed E-state index contributed by atoms with van der Waals surface area (Å²) >= 11 is 0. The summed E-state index contributed by atoms with van der Waals surface area (Å²) < 4.78 is 0.